The Kier molecular flexibility index (Phi) is 7.37. The number of aliphatic hydroxyl groups is 1. The van der Waals surface area contributed by atoms with E-state index in [1.807, 2.05) is 25.2 Å². The molecule has 4 rings (SSSR count). The molecular formula is C21H26N4O3S. The Morgan fingerprint density at radius 1 is 1.14 bits per heavy atom. The normalized spacial score (nSPS) is 14.0. The second-order valence-corrected chi connectivity index (χ2v) is 7.78. The number of carbonyl (C=O) groups is 1. The lowest BCUT2D eigenvalue weighted by atomic mass is 9.98. The topological polar surface area (TPSA) is 96.4 Å². The van der Waals surface area contributed by atoms with Crippen LogP contribution in [-0.4, -0.2) is 41.2 Å². The summed E-state index contributed by atoms with van der Waals surface area (Å²) in [6.07, 6.45) is 7.47. The minimum absolute atomic E-state index is 0.0359. The lowest BCUT2D eigenvalue weighted by Gasteiger charge is -2.14. The number of anilines is 1. The number of amides is 1. The van der Waals surface area contributed by atoms with E-state index in [4.69, 9.17) is 9.84 Å². The molecule has 1 fully saturated rings. The first-order valence-electron chi connectivity index (χ1n) is 9.71. The van der Waals surface area contributed by atoms with Gasteiger partial charge in [0.05, 0.1) is 16.3 Å². The van der Waals surface area contributed by atoms with E-state index in [2.05, 4.69) is 20.6 Å². The molecule has 1 aliphatic rings. The number of benzene rings is 1. The van der Waals surface area contributed by atoms with Crippen LogP contribution in [0.5, 0.6) is 11.5 Å². The van der Waals surface area contributed by atoms with E-state index in [0.29, 0.717) is 17.2 Å². The van der Waals surface area contributed by atoms with Crippen LogP contribution in [0.15, 0.2) is 36.5 Å². The van der Waals surface area contributed by atoms with Gasteiger partial charge >= 0.3 is 0 Å². The molecule has 0 radical (unpaired) electrons. The SMILES string of the molecule is CNC(=O)c1cc(Oc2ccc3nc(NC)sc3c2)ccn1.OC1CCCCC1. The maximum Gasteiger partial charge on any atom is 0.269 e. The summed E-state index contributed by atoms with van der Waals surface area (Å²) in [4.78, 5) is 20.0. The highest BCUT2D eigenvalue weighted by atomic mass is 32.1. The Bertz CT molecular complexity index is 954. The fourth-order valence-corrected chi connectivity index (χ4v) is 3.87. The molecule has 1 aliphatic carbocycles. The van der Waals surface area contributed by atoms with Crippen LogP contribution >= 0.6 is 11.3 Å². The molecule has 2 heterocycles. The Balaban J connectivity index is 0.000000290. The van der Waals surface area contributed by atoms with E-state index in [9.17, 15) is 4.79 Å². The van der Waals surface area contributed by atoms with Crippen molar-refractivity contribution < 1.29 is 14.6 Å². The lowest BCUT2D eigenvalue weighted by Crippen LogP contribution is -2.18. The van der Waals surface area contributed by atoms with Crippen LogP contribution in [0.2, 0.25) is 0 Å². The summed E-state index contributed by atoms with van der Waals surface area (Å²) in [6.45, 7) is 0. The van der Waals surface area contributed by atoms with Crippen molar-refractivity contribution in [3.8, 4) is 11.5 Å². The molecule has 1 aromatic carbocycles. The van der Waals surface area contributed by atoms with Gasteiger partial charge in [-0.25, -0.2) is 4.98 Å². The number of hydrogen-bond donors (Lipinski definition) is 3. The fraction of sp³-hybridized carbons (Fsp3) is 0.381. The summed E-state index contributed by atoms with van der Waals surface area (Å²) in [5, 5.41) is 15.3. The first-order valence-corrected chi connectivity index (χ1v) is 10.5. The van der Waals surface area contributed by atoms with E-state index in [-0.39, 0.29) is 12.0 Å². The molecule has 29 heavy (non-hydrogen) atoms. The molecule has 7 nitrogen and oxygen atoms in total. The molecule has 1 amide bonds. The molecule has 3 aromatic rings. The predicted molar refractivity (Wildman–Crippen MR) is 116 cm³/mol. The molecule has 8 heteroatoms. The molecule has 0 saturated heterocycles. The number of rotatable bonds is 4. The molecule has 0 unspecified atom stereocenters. The van der Waals surface area contributed by atoms with Gasteiger partial charge in [0.2, 0.25) is 0 Å². The van der Waals surface area contributed by atoms with Gasteiger partial charge in [-0.15, -0.1) is 0 Å². The van der Waals surface area contributed by atoms with E-state index < -0.39 is 0 Å². The Labute approximate surface area is 174 Å². The van der Waals surface area contributed by atoms with Crippen molar-refractivity contribution in [3.05, 3.63) is 42.2 Å². The zero-order chi connectivity index (χ0) is 20.6. The number of hydrogen-bond acceptors (Lipinski definition) is 7. The van der Waals surface area contributed by atoms with Gasteiger partial charge in [-0.05, 0) is 31.0 Å². The minimum Gasteiger partial charge on any atom is -0.457 e. The third-order valence-corrected chi connectivity index (χ3v) is 5.61. The number of pyridine rings is 1. The monoisotopic (exact) mass is 414 g/mol. The standard InChI is InChI=1S/C15H14N4O2S.C6H12O/c1-16-14(20)12-7-10(5-6-18-12)21-9-3-4-11-13(8-9)22-15(17-2)19-11;7-6-4-2-1-3-5-6/h3-8H,1-2H3,(H,16,20)(H,17,19);6-7H,1-5H2. The quantitative estimate of drug-likeness (QED) is 0.592. The molecule has 0 bridgehead atoms. The summed E-state index contributed by atoms with van der Waals surface area (Å²) >= 11 is 1.55. The third kappa shape index (κ3) is 5.88. The van der Waals surface area contributed by atoms with Crippen LogP contribution in [-0.2, 0) is 0 Å². The predicted octanol–water partition coefficient (Wildman–Crippen LogP) is 4.20. The number of thiazole rings is 1. The maximum absolute atomic E-state index is 11.6. The molecular weight excluding hydrogens is 388 g/mol. The van der Waals surface area contributed by atoms with E-state index in [1.54, 1.807) is 36.7 Å². The van der Waals surface area contributed by atoms with Gasteiger partial charge in [0.25, 0.3) is 5.91 Å². The van der Waals surface area contributed by atoms with Gasteiger partial charge in [0, 0.05) is 32.4 Å². The van der Waals surface area contributed by atoms with Crippen molar-refractivity contribution in [1.29, 1.82) is 0 Å². The van der Waals surface area contributed by atoms with E-state index in [0.717, 1.165) is 28.2 Å². The van der Waals surface area contributed by atoms with Gasteiger partial charge in [-0.3, -0.25) is 9.78 Å². The number of fused-ring (bicyclic) bond motifs is 1. The largest absolute Gasteiger partial charge is 0.457 e. The van der Waals surface area contributed by atoms with Crippen LogP contribution in [0.1, 0.15) is 42.6 Å². The van der Waals surface area contributed by atoms with E-state index >= 15 is 0 Å². The Morgan fingerprint density at radius 2 is 1.90 bits per heavy atom. The summed E-state index contributed by atoms with van der Waals surface area (Å²) in [7, 11) is 3.40. The van der Waals surface area contributed by atoms with Gasteiger partial charge in [-0.2, -0.15) is 0 Å². The molecule has 1 saturated carbocycles. The van der Waals surface area contributed by atoms with E-state index in [1.165, 1.54) is 19.3 Å². The number of nitrogens with zero attached hydrogens (tertiary/aromatic N) is 2. The third-order valence-electron chi connectivity index (χ3n) is 4.58. The summed E-state index contributed by atoms with van der Waals surface area (Å²) in [5.41, 5.74) is 1.24. The Morgan fingerprint density at radius 3 is 2.55 bits per heavy atom. The zero-order valence-electron chi connectivity index (χ0n) is 16.6. The molecule has 154 valence electrons. The summed E-state index contributed by atoms with van der Waals surface area (Å²) in [5.74, 6) is 1.00. The van der Waals surface area contributed by atoms with Crippen LogP contribution in [0.4, 0.5) is 5.13 Å². The van der Waals surface area contributed by atoms with Crippen LogP contribution in [0, 0.1) is 0 Å². The molecule has 0 aliphatic heterocycles. The van der Waals surface area contributed by atoms with Gasteiger partial charge in [0.15, 0.2) is 5.13 Å². The number of carbonyl (C=O) groups excluding carboxylic acids is 1. The molecule has 2 aromatic heterocycles. The average Bonchev–Trinajstić information content (AvgIpc) is 3.17. The van der Waals surface area contributed by atoms with Crippen molar-refractivity contribution >= 4 is 32.6 Å². The van der Waals surface area contributed by atoms with Crippen molar-refractivity contribution in [2.45, 2.75) is 38.2 Å². The van der Waals surface area contributed by atoms with Crippen LogP contribution < -0.4 is 15.4 Å². The van der Waals surface area contributed by atoms with Crippen LogP contribution in [0.25, 0.3) is 10.2 Å². The molecule has 0 spiro atoms. The number of aliphatic hydroxyl groups excluding tert-OH is 1. The van der Waals surface area contributed by atoms with Gasteiger partial charge < -0.3 is 20.5 Å². The first kappa shape index (κ1) is 21.0. The maximum atomic E-state index is 11.6. The summed E-state index contributed by atoms with van der Waals surface area (Å²) in [6, 6.07) is 9.00. The highest BCUT2D eigenvalue weighted by Gasteiger charge is 2.09. The highest BCUT2D eigenvalue weighted by Crippen LogP contribution is 2.31. The zero-order valence-corrected chi connectivity index (χ0v) is 17.5. The van der Waals surface area contributed by atoms with Gasteiger partial charge in [0.1, 0.15) is 17.2 Å². The van der Waals surface area contributed by atoms with Crippen molar-refractivity contribution in [3.63, 3.8) is 0 Å². The van der Waals surface area contributed by atoms with Crippen molar-refractivity contribution in [2.75, 3.05) is 19.4 Å². The Hall–Kier alpha value is -2.71. The highest BCUT2D eigenvalue weighted by molar-refractivity contribution is 7.22. The van der Waals surface area contributed by atoms with Crippen LogP contribution in [0.3, 0.4) is 0 Å². The van der Waals surface area contributed by atoms with Crippen molar-refractivity contribution in [1.82, 2.24) is 15.3 Å². The lowest BCUT2D eigenvalue weighted by molar-refractivity contribution is 0.0957. The molecule has 0 atom stereocenters. The van der Waals surface area contributed by atoms with Crippen molar-refractivity contribution in [2.24, 2.45) is 0 Å². The fourth-order valence-electron chi connectivity index (χ4n) is 3.02. The average molecular weight is 415 g/mol. The first-order chi connectivity index (χ1) is 14.1. The second-order valence-electron chi connectivity index (χ2n) is 6.75. The molecule has 3 N–H and O–H groups in total. The number of aromatic nitrogens is 2. The minimum atomic E-state index is -0.248. The smallest absolute Gasteiger partial charge is 0.269 e. The van der Waals surface area contributed by atoms with Gasteiger partial charge in [-0.1, -0.05) is 30.6 Å². The second kappa shape index (κ2) is 10.2. The number of ether oxygens (including phenoxy) is 1. The summed E-state index contributed by atoms with van der Waals surface area (Å²) < 4.78 is 6.83. The number of nitrogens with one attached hydrogen (secondary N) is 2.